The van der Waals surface area contributed by atoms with Crippen molar-refractivity contribution in [3.8, 4) is 22.5 Å². The number of hydrogen-bond acceptors (Lipinski definition) is 5. The number of fused-ring (bicyclic) bond motifs is 1. The van der Waals surface area contributed by atoms with Crippen LogP contribution in [0.15, 0.2) is 77.0 Å². The first kappa shape index (κ1) is 17.5. The van der Waals surface area contributed by atoms with Gasteiger partial charge in [0.2, 0.25) is 0 Å². The summed E-state index contributed by atoms with van der Waals surface area (Å²) in [6.45, 7) is 2.29. The van der Waals surface area contributed by atoms with Crippen LogP contribution < -0.4 is 5.56 Å². The fourth-order valence-corrected chi connectivity index (χ4v) is 3.98. The number of rotatable bonds is 4. The fraction of sp³-hybridized carbons (Fsp3) is 0.0909. The van der Waals surface area contributed by atoms with E-state index in [2.05, 4.69) is 10.1 Å². The van der Waals surface area contributed by atoms with Crippen LogP contribution in [0.5, 0.6) is 0 Å². The van der Waals surface area contributed by atoms with Crippen LogP contribution in [0.1, 0.15) is 10.7 Å². The number of thiazole rings is 1. The molecule has 6 nitrogen and oxygen atoms in total. The first-order valence-corrected chi connectivity index (χ1v) is 10.1. The van der Waals surface area contributed by atoms with E-state index < -0.39 is 0 Å². The maximum Gasteiger partial charge on any atom is 0.267 e. The molecule has 0 amide bonds. The van der Waals surface area contributed by atoms with Gasteiger partial charge in [0.05, 0.1) is 34.0 Å². The van der Waals surface area contributed by atoms with Gasteiger partial charge in [-0.2, -0.15) is 10.2 Å². The van der Waals surface area contributed by atoms with Gasteiger partial charge in [0.25, 0.3) is 5.56 Å². The van der Waals surface area contributed by atoms with Crippen LogP contribution in [-0.2, 0) is 6.54 Å². The third-order valence-corrected chi connectivity index (χ3v) is 5.51. The highest BCUT2D eigenvalue weighted by atomic mass is 32.1. The average molecular weight is 399 g/mol. The maximum absolute atomic E-state index is 12.4. The summed E-state index contributed by atoms with van der Waals surface area (Å²) < 4.78 is 3.31. The number of aromatic nitrogens is 5. The molecule has 0 aliphatic carbocycles. The molecule has 0 N–H and O–H groups in total. The van der Waals surface area contributed by atoms with E-state index >= 15 is 0 Å². The second kappa shape index (κ2) is 7.10. The molecule has 0 saturated heterocycles. The molecule has 29 heavy (non-hydrogen) atoms. The summed E-state index contributed by atoms with van der Waals surface area (Å²) >= 11 is 1.57. The molecule has 0 aliphatic heterocycles. The average Bonchev–Trinajstić information content (AvgIpc) is 3.34. The second-order valence-corrected chi connectivity index (χ2v) is 7.75. The lowest BCUT2D eigenvalue weighted by atomic mass is 10.0. The summed E-state index contributed by atoms with van der Waals surface area (Å²) in [4.78, 5) is 16.9. The third-order valence-electron chi connectivity index (χ3n) is 4.69. The van der Waals surface area contributed by atoms with Crippen molar-refractivity contribution in [3.63, 3.8) is 0 Å². The van der Waals surface area contributed by atoms with E-state index in [0.29, 0.717) is 12.2 Å². The molecule has 1 aromatic carbocycles. The number of pyridine rings is 1. The van der Waals surface area contributed by atoms with Gasteiger partial charge < -0.3 is 0 Å². The molecule has 5 rings (SSSR count). The number of hydrogen-bond donors (Lipinski definition) is 0. The van der Waals surface area contributed by atoms with E-state index in [4.69, 9.17) is 5.10 Å². The Morgan fingerprint density at radius 3 is 2.59 bits per heavy atom. The molecule has 0 atom stereocenters. The van der Waals surface area contributed by atoms with Gasteiger partial charge in [-0.15, -0.1) is 11.3 Å². The first-order valence-electron chi connectivity index (χ1n) is 9.21. The smallest absolute Gasteiger partial charge is 0.267 e. The molecular weight excluding hydrogens is 382 g/mol. The van der Waals surface area contributed by atoms with Gasteiger partial charge in [-0.3, -0.25) is 4.79 Å². The van der Waals surface area contributed by atoms with Crippen LogP contribution in [0.4, 0.5) is 0 Å². The summed E-state index contributed by atoms with van der Waals surface area (Å²) in [5.74, 6) is 0. The zero-order valence-corrected chi connectivity index (χ0v) is 16.5. The SMILES string of the molecule is Cc1nc(Cn2nc(-c3c(-c4ccccc4)nn4ccccc34)ccc2=O)cs1. The van der Waals surface area contributed by atoms with Crippen molar-refractivity contribution in [2.24, 2.45) is 0 Å². The third kappa shape index (κ3) is 3.25. The lowest BCUT2D eigenvalue weighted by Crippen LogP contribution is -2.23. The van der Waals surface area contributed by atoms with Gasteiger partial charge in [-0.05, 0) is 25.1 Å². The standard InChI is InChI=1S/C22H17N5OS/c1-15-23-17(14-29-15)13-27-20(28)11-10-18(24-27)21-19-9-5-6-12-26(19)25-22(21)16-7-3-2-4-8-16/h2-12,14H,13H2,1H3. The molecule has 4 aromatic heterocycles. The van der Waals surface area contributed by atoms with Crippen LogP contribution in [-0.4, -0.2) is 24.4 Å². The summed E-state index contributed by atoms with van der Waals surface area (Å²) in [5.41, 5.74) is 5.06. The molecule has 142 valence electrons. The maximum atomic E-state index is 12.4. The van der Waals surface area contributed by atoms with Crippen molar-refractivity contribution >= 4 is 16.9 Å². The summed E-state index contributed by atoms with van der Waals surface area (Å²) in [6, 6.07) is 19.3. The second-order valence-electron chi connectivity index (χ2n) is 6.69. The van der Waals surface area contributed by atoms with Crippen molar-refractivity contribution in [2.75, 3.05) is 0 Å². The molecule has 0 unspecified atom stereocenters. The Hall–Kier alpha value is -3.58. The zero-order chi connectivity index (χ0) is 19.8. The largest absolute Gasteiger partial charge is 0.268 e. The Balaban J connectivity index is 1.69. The summed E-state index contributed by atoms with van der Waals surface area (Å²) in [7, 11) is 0. The van der Waals surface area contributed by atoms with Gasteiger partial charge >= 0.3 is 0 Å². The molecule has 0 bridgehead atoms. The van der Waals surface area contributed by atoms with Crippen LogP contribution in [0, 0.1) is 6.92 Å². The van der Waals surface area contributed by atoms with E-state index in [0.717, 1.165) is 33.0 Å². The van der Waals surface area contributed by atoms with Crippen LogP contribution in [0.25, 0.3) is 28.0 Å². The fourth-order valence-electron chi connectivity index (χ4n) is 3.38. The molecule has 0 spiro atoms. The Labute approximate surface area is 170 Å². The Bertz CT molecular complexity index is 1370. The summed E-state index contributed by atoms with van der Waals surface area (Å²) in [6.07, 6.45) is 1.92. The molecule has 7 heteroatoms. The van der Waals surface area contributed by atoms with E-state index in [1.807, 2.05) is 71.5 Å². The van der Waals surface area contributed by atoms with Crippen molar-refractivity contribution in [1.29, 1.82) is 0 Å². The van der Waals surface area contributed by atoms with Gasteiger partial charge in [0, 0.05) is 23.2 Å². The minimum Gasteiger partial charge on any atom is -0.268 e. The highest BCUT2D eigenvalue weighted by Crippen LogP contribution is 2.33. The van der Waals surface area contributed by atoms with Crippen molar-refractivity contribution in [3.05, 3.63) is 93.3 Å². The van der Waals surface area contributed by atoms with Crippen LogP contribution in [0.2, 0.25) is 0 Å². The van der Waals surface area contributed by atoms with Crippen LogP contribution >= 0.6 is 11.3 Å². The molecule has 0 radical (unpaired) electrons. The quantitative estimate of drug-likeness (QED) is 0.458. The van der Waals surface area contributed by atoms with Gasteiger partial charge in [0.1, 0.15) is 5.69 Å². The van der Waals surface area contributed by atoms with Crippen molar-refractivity contribution in [2.45, 2.75) is 13.5 Å². The van der Waals surface area contributed by atoms with Crippen molar-refractivity contribution in [1.82, 2.24) is 24.4 Å². The molecule has 5 aromatic rings. The van der Waals surface area contributed by atoms with Gasteiger partial charge in [-0.1, -0.05) is 36.4 Å². The van der Waals surface area contributed by atoms with E-state index in [9.17, 15) is 4.79 Å². The minimum atomic E-state index is -0.155. The highest BCUT2D eigenvalue weighted by Gasteiger charge is 2.18. The first-order chi connectivity index (χ1) is 14.2. The Kier molecular flexibility index (Phi) is 4.29. The normalized spacial score (nSPS) is 11.2. The Morgan fingerprint density at radius 2 is 1.79 bits per heavy atom. The minimum absolute atomic E-state index is 0.155. The predicted octanol–water partition coefficient (Wildman–Crippen LogP) is 4.04. The molecule has 0 fully saturated rings. The monoisotopic (exact) mass is 399 g/mol. The molecule has 0 aliphatic rings. The molecule has 4 heterocycles. The number of nitrogens with zero attached hydrogens (tertiary/aromatic N) is 5. The highest BCUT2D eigenvalue weighted by molar-refractivity contribution is 7.09. The lowest BCUT2D eigenvalue weighted by Gasteiger charge is -2.07. The lowest BCUT2D eigenvalue weighted by molar-refractivity contribution is 0.633. The van der Waals surface area contributed by atoms with E-state index in [1.54, 1.807) is 23.5 Å². The van der Waals surface area contributed by atoms with E-state index in [-0.39, 0.29) is 5.56 Å². The zero-order valence-electron chi connectivity index (χ0n) is 15.7. The number of benzene rings is 1. The molecular formula is C22H17N5OS. The van der Waals surface area contributed by atoms with Crippen LogP contribution in [0.3, 0.4) is 0 Å². The number of aryl methyl sites for hydroxylation is 1. The van der Waals surface area contributed by atoms with Gasteiger partial charge in [-0.25, -0.2) is 14.2 Å². The summed E-state index contributed by atoms with van der Waals surface area (Å²) in [5, 5.41) is 12.4. The predicted molar refractivity (Wildman–Crippen MR) is 114 cm³/mol. The van der Waals surface area contributed by atoms with E-state index in [1.165, 1.54) is 4.68 Å². The van der Waals surface area contributed by atoms with Crippen molar-refractivity contribution < 1.29 is 0 Å². The Morgan fingerprint density at radius 1 is 0.966 bits per heavy atom. The van der Waals surface area contributed by atoms with Gasteiger partial charge in [0.15, 0.2) is 0 Å². The topological polar surface area (TPSA) is 65.1 Å². The molecule has 0 saturated carbocycles.